The van der Waals surface area contributed by atoms with Crippen molar-refractivity contribution >= 4 is 27.3 Å². The molecule has 3 heteroatoms. The maximum atomic E-state index is 3.58. The van der Waals surface area contributed by atoms with E-state index in [1.165, 1.54) is 42.7 Å². The quantitative estimate of drug-likeness (QED) is 0.798. The number of hydrogen-bond donors (Lipinski definition) is 0. The minimum atomic E-state index is 1.03. The molecule has 0 unspecified atom stereocenters. The molecular weight excluding hydrogens is 258 g/mol. The van der Waals surface area contributed by atoms with Crippen LogP contribution < -0.4 is 0 Å². The first-order valence-corrected chi connectivity index (χ1v) is 6.91. The second-order valence-electron chi connectivity index (χ2n) is 4.43. The third kappa shape index (κ3) is 1.90. The van der Waals surface area contributed by atoms with Crippen molar-refractivity contribution in [3.8, 4) is 0 Å². The average molecular weight is 272 g/mol. The Bertz CT molecular complexity index is 343. The smallest absolute Gasteiger partial charge is 0.0704 e. The van der Waals surface area contributed by atoms with Crippen LogP contribution in [0.1, 0.15) is 23.3 Å². The van der Waals surface area contributed by atoms with Gasteiger partial charge in [0.15, 0.2) is 0 Å². The molecule has 1 fully saturated rings. The van der Waals surface area contributed by atoms with Crippen LogP contribution in [-0.4, -0.2) is 18.0 Å². The molecule has 0 atom stereocenters. The second kappa shape index (κ2) is 3.62. The molecule has 14 heavy (non-hydrogen) atoms. The molecule has 1 nitrogen and oxygen atoms in total. The first kappa shape index (κ1) is 9.37. The van der Waals surface area contributed by atoms with Crippen LogP contribution in [0.5, 0.6) is 0 Å². The van der Waals surface area contributed by atoms with Gasteiger partial charge in [-0.2, -0.15) is 0 Å². The molecule has 1 aliphatic carbocycles. The van der Waals surface area contributed by atoms with Gasteiger partial charge in [0.05, 0.1) is 3.79 Å². The van der Waals surface area contributed by atoms with Crippen LogP contribution in [0.4, 0.5) is 0 Å². The van der Waals surface area contributed by atoms with Gasteiger partial charge in [-0.05, 0) is 52.7 Å². The average Bonchev–Trinajstić information content (AvgIpc) is 2.86. The summed E-state index contributed by atoms with van der Waals surface area (Å²) in [5.74, 6) is 1.03. The molecule has 0 bridgehead atoms. The fourth-order valence-corrected chi connectivity index (χ4v) is 3.92. The molecule has 2 aliphatic rings. The van der Waals surface area contributed by atoms with Crippen LogP contribution in [0, 0.1) is 5.92 Å². The molecule has 2 heterocycles. The Kier molecular flexibility index (Phi) is 2.42. The largest absolute Gasteiger partial charge is 0.298 e. The molecule has 0 saturated heterocycles. The minimum Gasteiger partial charge on any atom is -0.298 e. The summed E-state index contributed by atoms with van der Waals surface area (Å²) < 4.78 is 1.30. The molecule has 0 radical (unpaired) electrons. The zero-order chi connectivity index (χ0) is 9.54. The molecule has 3 rings (SSSR count). The Morgan fingerprint density at radius 2 is 2.36 bits per heavy atom. The maximum absolute atomic E-state index is 3.58. The van der Waals surface area contributed by atoms with E-state index in [9.17, 15) is 0 Å². The van der Waals surface area contributed by atoms with Crippen molar-refractivity contribution < 1.29 is 0 Å². The highest BCUT2D eigenvalue weighted by atomic mass is 79.9. The van der Waals surface area contributed by atoms with Crippen molar-refractivity contribution in [1.82, 2.24) is 4.90 Å². The molecule has 1 saturated carbocycles. The van der Waals surface area contributed by atoms with Crippen LogP contribution >= 0.6 is 27.3 Å². The van der Waals surface area contributed by atoms with Crippen molar-refractivity contribution in [1.29, 1.82) is 0 Å². The molecule has 0 spiro atoms. The summed E-state index contributed by atoms with van der Waals surface area (Å²) in [6.45, 7) is 3.80. The van der Waals surface area contributed by atoms with Gasteiger partial charge in [-0.3, -0.25) is 4.90 Å². The van der Waals surface area contributed by atoms with Gasteiger partial charge in [0.25, 0.3) is 0 Å². The third-order valence-corrected chi connectivity index (χ3v) is 4.87. The van der Waals surface area contributed by atoms with E-state index in [2.05, 4.69) is 26.9 Å². The van der Waals surface area contributed by atoms with Gasteiger partial charge in [-0.25, -0.2) is 0 Å². The Balaban J connectivity index is 1.71. The van der Waals surface area contributed by atoms with E-state index in [4.69, 9.17) is 0 Å². The highest BCUT2D eigenvalue weighted by molar-refractivity contribution is 9.11. The van der Waals surface area contributed by atoms with Crippen LogP contribution in [0.25, 0.3) is 0 Å². The summed E-state index contributed by atoms with van der Waals surface area (Å²) in [6, 6.07) is 2.30. The summed E-state index contributed by atoms with van der Waals surface area (Å²) >= 11 is 5.49. The Morgan fingerprint density at radius 1 is 1.50 bits per heavy atom. The lowest BCUT2D eigenvalue weighted by atomic mass is 10.1. The van der Waals surface area contributed by atoms with E-state index < -0.39 is 0 Å². The molecule has 0 amide bonds. The number of fused-ring (bicyclic) bond motifs is 1. The fraction of sp³-hybridized carbons (Fsp3) is 0.636. The highest BCUT2D eigenvalue weighted by Gasteiger charge is 2.26. The SMILES string of the molecule is Brc1cc2c(s1)CCN(CC1CC1)C2. The van der Waals surface area contributed by atoms with Crippen molar-refractivity contribution in [2.45, 2.75) is 25.8 Å². The number of rotatable bonds is 2. The van der Waals surface area contributed by atoms with Crippen LogP contribution in [0.3, 0.4) is 0 Å². The van der Waals surface area contributed by atoms with Crippen LogP contribution in [0.15, 0.2) is 9.85 Å². The van der Waals surface area contributed by atoms with E-state index in [1.807, 2.05) is 11.3 Å². The van der Waals surface area contributed by atoms with E-state index >= 15 is 0 Å². The van der Waals surface area contributed by atoms with Gasteiger partial charge in [0, 0.05) is 24.5 Å². The number of thiophene rings is 1. The Labute approximate surface area is 97.2 Å². The predicted molar refractivity (Wildman–Crippen MR) is 63.7 cm³/mol. The van der Waals surface area contributed by atoms with E-state index in [0.29, 0.717) is 0 Å². The molecule has 1 aromatic rings. The summed E-state index contributed by atoms with van der Waals surface area (Å²) in [5.41, 5.74) is 1.56. The van der Waals surface area contributed by atoms with Gasteiger partial charge in [0.2, 0.25) is 0 Å². The summed E-state index contributed by atoms with van der Waals surface area (Å²) in [7, 11) is 0. The number of hydrogen-bond acceptors (Lipinski definition) is 2. The van der Waals surface area contributed by atoms with Gasteiger partial charge in [-0.15, -0.1) is 11.3 Å². The molecule has 76 valence electrons. The predicted octanol–water partition coefficient (Wildman–Crippen LogP) is 3.28. The number of halogens is 1. The zero-order valence-electron chi connectivity index (χ0n) is 8.13. The van der Waals surface area contributed by atoms with Gasteiger partial charge in [-0.1, -0.05) is 0 Å². The van der Waals surface area contributed by atoms with E-state index in [-0.39, 0.29) is 0 Å². The van der Waals surface area contributed by atoms with Crippen LogP contribution in [0.2, 0.25) is 0 Å². The van der Waals surface area contributed by atoms with Gasteiger partial charge >= 0.3 is 0 Å². The molecule has 0 aromatic carbocycles. The molecule has 0 N–H and O–H groups in total. The van der Waals surface area contributed by atoms with Crippen molar-refractivity contribution in [3.05, 3.63) is 20.3 Å². The molecule has 1 aliphatic heterocycles. The zero-order valence-corrected chi connectivity index (χ0v) is 10.5. The second-order valence-corrected chi connectivity index (χ2v) is 6.94. The Morgan fingerprint density at radius 3 is 3.14 bits per heavy atom. The van der Waals surface area contributed by atoms with Crippen molar-refractivity contribution in [3.63, 3.8) is 0 Å². The van der Waals surface area contributed by atoms with Gasteiger partial charge < -0.3 is 0 Å². The minimum absolute atomic E-state index is 1.03. The van der Waals surface area contributed by atoms with Crippen molar-refractivity contribution in [2.75, 3.05) is 13.1 Å². The first-order chi connectivity index (χ1) is 6.81. The Hall–Kier alpha value is 0.140. The normalized spacial score (nSPS) is 22.4. The lowest BCUT2D eigenvalue weighted by molar-refractivity contribution is 0.246. The van der Waals surface area contributed by atoms with Crippen LogP contribution in [-0.2, 0) is 13.0 Å². The van der Waals surface area contributed by atoms with Crippen molar-refractivity contribution in [2.24, 2.45) is 5.92 Å². The fourth-order valence-electron chi connectivity index (χ4n) is 2.18. The molecular formula is C11H14BrNS. The third-order valence-electron chi connectivity index (χ3n) is 3.13. The summed E-state index contributed by atoms with van der Waals surface area (Å²) in [6.07, 6.45) is 4.20. The lowest BCUT2D eigenvalue weighted by Gasteiger charge is -2.26. The highest BCUT2D eigenvalue weighted by Crippen LogP contribution is 2.34. The summed E-state index contributed by atoms with van der Waals surface area (Å²) in [4.78, 5) is 4.23. The van der Waals surface area contributed by atoms with Gasteiger partial charge in [0.1, 0.15) is 0 Å². The summed E-state index contributed by atoms with van der Waals surface area (Å²) in [5, 5.41) is 0. The molecule has 1 aromatic heterocycles. The van der Waals surface area contributed by atoms with E-state index in [0.717, 1.165) is 5.92 Å². The maximum Gasteiger partial charge on any atom is 0.0704 e. The van der Waals surface area contributed by atoms with E-state index in [1.54, 1.807) is 10.4 Å². The first-order valence-electron chi connectivity index (χ1n) is 5.31. The lowest BCUT2D eigenvalue weighted by Crippen LogP contribution is -2.31. The monoisotopic (exact) mass is 271 g/mol. The number of nitrogens with zero attached hydrogens (tertiary/aromatic N) is 1. The standard InChI is InChI=1S/C11H14BrNS/c12-11-5-9-7-13(6-8-1-2-8)4-3-10(9)14-11/h5,8H,1-4,6-7H2. The topological polar surface area (TPSA) is 3.24 Å².